The molecule has 0 amide bonds. The summed E-state index contributed by atoms with van der Waals surface area (Å²) in [7, 11) is -3.63. The molecular weight excluding hydrogens is 348 g/mol. The number of thiophene rings is 1. The lowest BCUT2D eigenvalue weighted by Crippen LogP contribution is -2.23. The summed E-state index contributed by atoms with van der Waals surface area (Å²) in [6.45, 7) is 2.18. The quantitative estimate of drug-likeness (QED) is 0.804. The normalized spacial score (nSPS) is 11.5. The van der Waals surface area contributed by atoms with Gasteiger partial charge in [-0.3, -0.25) is 0 Å². The van der Waals surface area contributed by atoms with Crippen molar-refractivity contribution in [2.24, 2.45) is 5.73 Å². The second-order valence-corrected chi connectivity index (χ2v) is 7.77. The molecule has 0 saturated carbocycles. The third kappa shape index (κ3) is 3.81. The molecule has 0 radical (unpaired) electrons. The van der Waals surface area contributed by atoms with Crippen LogP contribution in [0.25, 0.3) is 0 Å². The first-order chi connectivity index (χ1) is 9.81. The summed E-state index contributed by atoms with van der Waals surface area (Å²) >= 11 is 12.4. The van der Waals surface area contributed by atoms with E-state index in [2.05, 4.69) is 4.72 Å². The van der Waals surface area contributed by atoms with Crippen LogP contribution in [0.2, 0.25) is 5.02 Å². The average molecular weight is 361 g/mol. The Bertz CT molecular complexity index is 784. The van der Waals surface area contributed by atoms with E-state index in [9.17, 15) is 8.42 Å². The molecule has 2 aromatic rings. The fraction of sp³-hybridized carbons (Fsp3) is 0.154. The Kier molecular flexibility index (Phi) is 5.00. The van der Waals surface area contributed by atoms with Gasteiger partial charge in [-0.2, -0.15) is 11.3 Å². The van der Waals surface area contributed by atoms with Gasteiger partial charge in [0.15, 0.2) is 0 Å². The molecule has 1 aromatic heterocycles. The van der Waals surface area contributed by atoms with Crippen molar-refractivity contribution in [3.8, 4) is 0 Å². The van der Waals surface area contributed by atoms with Crippen molar-refractivity contribution >= 4 is 50.2 Å². The number of hydrogen-bond donors (Lipinski definition) is 2. The molecule has 0 spiro atoms. The molecule has 3 N–H and O–H groups in total. The zero-order valence-corrected chi connectivity index (χ0v) is 14.3. The molecule has 0 aliphatic heterocycles. The summed E-state index contributed by atoms with van der Waals surface area (Å²) in [6.07, 6.45) is 0. The van der Waals surface area contributed by atoms with Crippen molar-refractivity contribution in [2.45, 2.75) is 18.4 Å². The minimum absolute atomic E-state index is 0.0837. The molecule has 0 saturated heterocycles. The van der Waals surface area contributed by atoms with E-state index in [1.807, 2.05) is 17.7 Å². The topological polar surface area (TPSA) is 72.2 Å². The number of nitrogens with two attached hydrogens (primary N) is 1. The van der Waals surface area contributed by atoms with Gasteiger partial charge in [0.2, 0.25) is 10.0 Å². The maximum atomic E-state index is 12.2. The van der Waals surface area contributed by atoms with Crippen LogP contribution in [0.4, 0.5) is 0 Å². The summed E-state index contributed by atoms with van der Waals surface area (Å²) in [4.78, 5) is 0.214. The Morgan fingerprint density at radius 1 is 1.43 bits per heavy atom. The molecule has 0 bridgehead atoms. The Morgan fingerprint density at radius 3 is 2.67 bits per heavy atom. The van der Waals surface area contributed by atoms with Gasteiger partial charge in [0.05, 0.1) is 9.92 Å². The van der Waals surface area contributed by atoms with Gasteiger partial charge in [-0.25, -0.2) is 13.1 Å². The van der Waals surface area contributed by atoms with Gasteiger partial charge in [0, 0.05) is 12.1 Å². The maximum Gasteiger partial charge on any atom is 0.240 e. The Hall–Kier alpha value is -0.990. The van der Waals surface area contributed by atoms with Crippen molar-refractivity contribution in [3.63, 3.8) is 0 Å². The standard InChI is InChI=1S/C13H13ClN2O2S3/c1-8-6-20-7-9(8)5-16-21(17,18)10-2-3-11(13(15)19)12(14)4-10/h2-4,6-7,16H,5H2,1H3,(H2,15,19). The predicted octanol–water partition coefficient (Wildman–Crippen LogP) is 2.82. The number of halogens is 1. The van der Waals surface area contributed by atoms with Crippen LogP contribution in [-0.2, 0) is 16.6 Å². The molecule has 0 aliphatic carbocycles. The third-order valence-corrected chi connectivity index (χ3v) is 5.77. The number of hydrogen-bond acceptors (Lipinski definition) is 4. The molecule has 0 unspecified atom stereocenters. The fourth-order valence-electron chi connectivity index (χ4n) is 1.69. The van der Waals surface area contributed by atoms with Crippen molar-refractivity contribution in [1.29, 1.82) is 0 Å². The van der Waals surface area contributed by atoms with Gasteiger partial charge in [-0.15, -0.1) is 0 Å². The van der Waals surface area contributed by atoms with Crippen molar-refractivity contribution in [1.82, 2.24) is 4.72 Å². The van der Waals surface area contributed by atoms with Crippen LogP contribution in [0.1, 0.15) is 16.7 Å². The minimum Gasteiger partial charge on any atom is -0.389 e. The molecule has 112 valence electrons. The molecule has 0 aliphatic rings. The monoisotopic (exact) mass is 360 g/mol. The van der Waals surface area contributed by atoms with Gasteiger partial charge in [0.25, 0.3) is 0 Å². The summed E-state index contributed by atoms with van der Waals surface area (Å²) in [5.41, 5.74) is 7.97. The molecule has 2 rings (SSSR count). The van der Waals surface area contributed by atoms with Gasteiger partial charge >= 0.3 is 0 Å². The number of thiocarbonyl (C=S) groups is 1. The van der Waals surface area contributed by atoms with Crippen LogP contribution in [0, 0.1) is 6.92 Å². The largest absolute Gasteiger partial charge is 0.389 e. The number of sulfonamides is 1. The van der Waals surface area contributed by atoms with Crippen LogP contribution >= 0.6 is 35.2 Å². The zero-order valence-electron chi connectivity index (χ0n) is 11.1. The van der Waals surface area contributed by atoms with Gasteiger partial charge in [-0.1, -0.05) is 23.8 Å². The lowest BCUT2D eigenvalue weighted by atomic mass is 10.2. The van der Waals surface area contributed by atoms with Crippen LogP contribution < -0.4 is 10.5 Å². The average Bonchev–Trinajstić information content (AvgIpc) is 2.81. The van der Waals surface area contributed by atoms with Gasteiger partial charge in [0.1, 0.15) is 4.99 Å². The van der Waals surface area contributed by atoms with Crippen molar-refractivity contribution in [3.05, 3.63) is 50.7 Å². The highest BCUT2D eigenvalue weighted by molar-refractivity contribution is 7.89. The van der Waals surface area contributed by atoms with Crippen LogP contribution in [0.3, 0.4) is 0 Å². The molecule has 4 nitrogen and oxygen atoms in total. The first kappa shape index (κ1) is 16.4. The van der Waals surface area contributed by atoms with E-state index >= 15 is 0 Å². The first-order valence-electron chi connectivity index (χ1n) is 5.92. The van der Waals surface area contributed by atoms with Crippen molar-refractivity contribution in [2.75, 3.05) is 0 Å². The molecular formula is C13H13ClN2O2S3. The van der Waals surface area contributed by atoms with Gasteiger partial charge in [-0.05, 0) is 47.0 Å². The van der Waals surface area contributed by atoms with Crippen LogP contribution in [0.5, 0.6) is 0 Å². The summed E-state index contributed by atoms with van der Waals surface area (Å²) < 4.78 is 27.0. The number of aryl methyl sites for hydroxylation is 1. The van der Waals surface area contributed by atoms with E-state index in [4.69, 9.17) is 29.6 Å². The first-order valence-corrected chi connectivity index (χ1v) is 9.13. The summed E-state index contributed by atoms with van der Waals surface area (Å²) in [5.74, 6) is 0. The molecule has 1 heterocycles. The lowest BCUT2D eigenvalue weighted by Gasteiger charge is -2.09. The molecule has 0 fully saturated rings. The fourth-order valence-corrected chi connectivity index (χ4v) is 4.16. The van der Waals surface area contributed by atoms with E-state index < -0.39 is 10.0 Å². The maximum absolute atomic E-state index is 12.2. The zero-order chi connectivity index (χ0) is 15.6. The van der Waals surface area contributed by atoms with E-state index in [0.29, 0.717) is 5.56 Å². The highest BCUT2D eigenvalue weighted by atomic mass is 35.5. The number of benzene rings is 1. The van der Waals surface area contributed by atoms with Crippen LogP contribution in [-0.4, -0.2) is 13.4 Å². The SMILES string of the molecule is Cc1cscc1CNS(=O)(=O)c1ccc(C(N)=S)c(Cl)c1. The smallest absolute Gasteiger partial charge is 0.240 e. The Morgan fingerprint density at radius 2 is 2.14 bits per heavy atom. The van der Waals surface area contributed by atoms with E-state index in [-0.39, 0.29) is 21.5 Å². The Labute approximate surface area is 138 Å². The second-order valence-electron chi connectivity index (χ2n) is 4.41. The number of rotatable bonds is 5. The van der Waals surface area contributed by atoms with E-state index in [1.54, 1.807) is 0 Å². The second kappa shape index (κ2) is 6.41. The highest BCUT2D eigenvalue weighted by Gasteiger charge is 2.16. The van der Waals surface area contributed by atoms with E-state index in [0.717, 1.165) is 11.1 Å². The summed E-state index contributed by atoms with van der Waals surface area (Å²) in [6, 6.07) is 4.29. The van der Waals surface area contributed by atoms with Gasteiger partial charge < -0.3 is 5.73 Å². The lowest BCUT2D eigenvalue weighted by molar-refractivity contribution is 0.581. The van der Waals surface area contributed by atoms with Crippen molar-refractivity contribution < 1.29 is 8.42 Å². The van der Waals surface area contributed by atoms with E-state index in [1.165, 1.54) is 29.5 Å². The minimum atomic E-state index is -3.63. The highest BCUT2D eigenvalue weighted by Crippen LogP contribution is 2.21. The molecule has 1 aromatic carbocycles. The van der Waals surface area contributed by atoms with Crippen LogP contribution in [0.15, 0.2) is 33.9 Å². The summed E-state index contributed by atoms with van der Waals surface area (Å²) in [5, 5.41) is 4.11. The molecule has 0 atom stereocenters. The predicted molar refractivity (Wildman–Crippen MR) is 90.4 cm³/mol. The molecule has 8 heteroatoms. The Balaban J connectivity index is 2.22. The third-order valence-electron chi connectivity index (χ3n) is 2.93. The molecule has 21 heavy (non-hydrogen) atoms. The number of nitrogens with one attached hydrogen (secondary N) is 1.